The fraction of sp³-hybridized carbons (Fsp3) is 0.158. The Hall–Kier alpha value is -2.99. The van der Waals surface area contributed by atoms with Crippen LogP contribution >= 0.6 is 11.6 Å². The van der Waals surface area contributed by atoms with Crippen LogP contribution in [-0.4, -0.2) is 26.0 Å². The summed E-state index contributed by atoms with van der Waals surface area (Å²) in [6, 6.07) is 13.8. The molecule has 0 aliphatic rings. The fourth-order valence-corrected chi connectivity index (χ4v) is 2.67. The van der Waals surface area contributed by atoms with Crippen LogP contribution in [0.15, 0.2) is 57.7 Å². The molecule has 0 N–H and O–H groups in total. The lowest BCUT2D eigenvalue weighted by Gasteiger charge is -2.22. The number of esters is 1. The van der Waals surface area contributed by atoms with E-state index >= 15 is 0 Å². The van der Waals surface area contributed by atoms with E-state index in [1.807, 2.05) is 12.1 Å². The van der Waals surface area contributed by atoms with Gasteiger partial charge in [0, 0.05) is 30.3 Å². The molecule has 0 fully saturated rings. The molecule has 6 nitrogen and oxygen atoms in total. The molecular formula is C19H16ClNO5. The molecule has 1 aromatic heterocycles. The van der Waals surface area contributed by atoms with Crippen LogP contribution in [0, 0.1) is 0 Å². The van der Waals surface area contributed by atoms with E-state index in [1.165, 1.54) is 13.2 Å². The highest BCUT2D eigenvalue weighted by Crippen LogP contribution is 2.36. The summed E-state index contributed by atoms with van der Waals surface area (Å²) in [6.45, 7) is 0. The molecule has 1 heterocycles. The number of hydrogen-bond acceptors (Lipinski definition) is 6. The lowest BCUT2D eigenvalue weighted by atomic mass is 10.1. The quantitative estimate of drug-likeness (QED) is 0.294. The molecule has 0 saturated carbocycles. The van der Waals surface area contributed by atoms with E-state index in [0.29, 0.717) is 22.7 Å². The predicted molar refractivity (Wildman–Crippen MR) is 99.9 cm³/mol. The maximum atomic E-state index is 11.9. The van der Waals surface area contributed by atoms with Gasteiger partial charge in [-0.3, -0.25) is 4.79 Å². The van der Waals surface area contributed by atoms with Crippen molar-refractivity contribution in [3.63, 3.8) is 0 Å². The van der Waals surface area contributed by atoms with Gasteiger partial charge in [-0.05, 0) is 24.3 Å². The second-order valence-corrected chi connectivity index (χ2v) is 5.72. The zero-order chi connectivity index (χ0) is 18.7. The third-order valence-corrected chi connectivity index (χ3v) is 4.08. The van der Waals surface area contributed by atoms with Crippen molar-refractivity contribution < 1.29 is 18.7 Å². The van der Waals surface area contributed by atoms with E-state index in [0.717, 1.165) is 5.39 Å². The van der Waals surface area contributed by atoms with Crippen LogP contribution in [0.1, 0.15) is 0 Å². The number of ether oxygens (including phenoxy) is 2. The summed E-state index contributed by atoms with van der Waals surface area (Å²) in [5.74, 6) is -0.212. The van der Waals surface area contributed by atoms with Gasteiger partial charge in [0.2, 0.25) is 0 Å². The summed E-state index contributed by atoms with van der Waals surface area (Å²) >= 11 is 5.51. The molecule has 2 aromatic carbocycles. The number of alkyl halides is 1. The number of fused-ring (bicyclic) bond motifs is 1. The molecule has 3 aromatic rings. The van der Waals surface area contributed by atoms with Crippen LogP contribution in [0.2, 0.25) is 0 Å². The van der Waals surface area contributed by atoms with E-state index in [9.17, 15) is 9.59 Å². The molecule has 0 amide bonds. The number of nitrogens with zero attached hydrogens (tertiary/aromatic N) is 1. The molecular weight excluding hydrogens is 358 g/mol. The topological polar surface area (TPSA) is 69.0 Å². The lowest BCUT2D eigenvalue weighted by Crippen LogP contribution is -2.14. The molecule has 0 saturated heterocycles. The van der Waals surface area contributed by atoms with Crippen molar-refractivity contribution in [3.8, 4) is 11.5 Å². The number of carbonyl (C=O) groups is 1. The summed E-state index contributed by atoms with van der Waals surface area (Å²) in [7, 11) is 3.28. The Morgan fingerprint density at radius 1 is 1.15 bits per heavy atom. The molecule has 134 valence electrons. The highest BCUT2D eigenvalue weighted by atomic mass is 35.5. The van der Waals surface area contributed by atoms with Gasteiger partial charge in [-0.25, -0.2) is 4.79 Å². The SMILES string of the molecule is COc1ccc(N(C)c2cc(=O)oc3ccccc23)cc1OC(=O)CCl. The molecule has 26 heavy (non-hydrogen) atoms. The smallest absolute Gasteiger partial charge is 0.338 e. The van der Waals surface area contributed by atoms with Crippen molar-refractivity contribution in [1.29, 1.82) is 0 Å². The third kappa shape index (κ3) is 3.50. The minimum Gasteiger partial charge on any atom is -0.493 e. The first-order valence-electron chi connectivity index (χ1n) is 7.75. The summed E-state index contributed by atoms with van der Waals surface area (Å²) < 4.78 is 15.7. The molecule has 3 rings (SSSR count). The monoisotopic (exact) mass is 373 g/mol. The zero-order valence-corrected chi connectivity index (χ0v) is 14.9. The first-order chi connectivity index (χ1) is 12.5. The van der Waals surface area contributed by atoms with Crippen LogP contribution in [0.3, 0.4) is 0 Å². The summed E-state index contributed by atoms with van der Waals surface area (Å²) in [5.41, 5.74) is 1.40. The minimum atomic E-state index is -0.587. The van der Waals surface area contributed by atoms with Crippen molar-refractivity contribution in [2.24, 2.45) is 0 Å². The average molecular weight is 374 g/mol. The van der Waals surface area contributed by atoms with E-state index < -0.39 is 11.6 Å². The maximum Gasteiger partial charge on any atom is 0.338 e. The van der Waals surface area contributed by atoms with Crippen LogP contribution < -0.4 is 20.0 Å². The van der Waals surface area contributed by atoms with E-state index in [2.05, 4.69) is 0 Å². The molecule has 0 spiro atoms. The summed E-state index contributed by atoms with van der Waals surface area (Å²) in [5, 5.41) is 0.782. The van der Waals surface area contributed by atoms with Gasteiger partial charge in [-0.2, -0.15) is 0 Å². The largest absolute Gasteiger partial charge is 0.493 e. The average Bonchev–Trinajstić information content (AvgIpc) is 2.66. The molecule has 0 radical (unpaired) electrons. The molecule has 0 bridgehead atoms. The third-order valence-electron chi connectivity index (χ3n) is 3.86. The van der Waals surface area contributed by atoms with Gasteiger partial charge in [0.05, 0.1) is 12.8 Å². The number of anilines is 2. The van der Waals surface area contributed by atoms with Crippen molar-refractivity contribution in [3.05, 3.63) is 59.0 Å². The Kier molecular flexibility index (Phi) is 5.14. The van der Waals surface area contributed by atoms with Gasteiger partial charge in [0.1, 0.15) is 11.5 Å². The number of halogens is 1. The molecule has 0 atom stereocenters. The predicted octanol–water partition coefficient (Wildman–Crippen LogP) is 3.71. The van der Waals surface area contributed by atoms with E-state index in [1.54, 1.807) is 42.3 Å². The summed E-state index contributed by atoms with van der Waals surface area (Å²) in [6.07, 6.45) is 0. The van der Waals surface area contributed by atoms with E-state index in [4.69, 9.17) is 25.5 Å². The molecule has 7 heteroatoms. The maximum absolute atomic E-state index is 11.9. The van der Waals surface area contributed by atoms with Gasteiger partial charge in [-0.1, -0.05) is 12.1 Å². The number of para-hydroxylation sites is 1. The van der Waals surface area contributed by atoms with Gasteiger partial charge >= 0.3 is 11.6 Å². The number of carbonyl (C=O) groups excluding carboxylic acids is 1. The molecule has 0 unspecified atom stereocenters. The van der Waals surface area contributed by atoms with Crippen molar-refractivity contribution in [1.82, 2.24) is 0 Å². The first-order valence-corrected chi connectivity index (χ1v) is 8.28. The van der Waals surface area contributed by atoms with E-state index in [-0.39, 0.29) is 11.6 Å². The van der Waals surface area contributed by atoms with Gasteiger partial charge in [0.25, 0.3) is 0 Å². The Bertz CT molecular complexity index is 1010. The van der Waals surface area contributed by atoms with Crippen LogP contribution in [0.4, 0.5) is 11.4 Å². The van der Waals surface area contributed by atoms with Gasteiger partial charge < -0.3 is 18.8 Å². The highest BCUT2D eigenvalue weighted by Gasteiger charge is 2.15. The van der Waals surface area contributed by atoms with Crippen LogP contribution in [0.25, 0.3) is 11.0 Å². The van der Waals surface area contributed by atoms with Crippen LogP contribution in [0.5, 0.6) is 11.5 Å². The number of hydrogen-bond donors (Lipinski definition) is 0. The molecule has 0 aliphatic carbocycles. The lowest BCUT2D eigenvalue weighted by molar-refractivity contribution is -0.131. The summed E-state index contributed by atoms with van der Waals surface area (Å²) in [4.78, 5) is 25.2. The van der Waals surface area contributed by atoms with Crippen molar-refractivity contribution in [2.45, 2.75) is 0 Å². The zero-order valence-electron chi connectivity index (χ0n) is 14.2. The fourth-order valence-electron chi connectivity index (χ4n) is 2.61. The first kappa shape index (κ1) is 17.8. The normalized spacial score (nSPS) is 10.6. The number of methoxy groups -OCH3 is 1. The van der Waals surface area contributed by atoms with Crippen molar-refractivity contribution >= 4 is 39.9 Å². The standard InChI is InChI=1S/C19H16ClNO5/c1-21(14-10-18(22)25-15-6-4-3-5-13(14)15)12-7-8-16(24-2)17(9-12)26-19(23)11-20/h3-10H,11H2,1-2H3. The van der Waals surface area contributed by atoms with Crippen molar-refractivity contribution in [2.75, 3.05) is 24.9 Å². The van der Waals surface area contributed by atoms with Gasteiger partial charge in [-0.15, -0.1) is 11.6 Å². The minimum absolute atomic E-state index is 0.245. The van der Waals surface area contributed by atoms with Gasteiger partial charge in [0.15, 0.2) is 11.5 Å². The second-order valence-electron chi connectivity index (χ2n) is 5.45. The Morgan fingerprint density at radius 3 is 2.65 bits per heavy atom. The second kappa shape index (κ2) is 7.49. The number of rotatable bonds is 5. The highest BCUT2D eigenvalue weighted by molar-refractivity contribution is 6.26. The van der Waals surface area contributed by atoms with Crippen LogP contribution in [-0.2, 0) is 4.79 Å². The molecule has 0 aliphatic heterocycles. The Labute approximate surface area is 154 Å². The number of benzene rings is 2. The Balaban J connectivity index is 2.08. The Morgan fingerprint density at radius 2 is 1.92 bits per heavy atom.